The molecule has 0 radical (unpaired) electrons. The SMILES string of the molecule is CN1C(=O)NC(=O)C2C1NC(=NCc1ccccc1)N2Cc1ccccc1Cl. The second-order valence-electron chi connectivity index (χ2n) is 6.78. The van der Waals surface area contributed by atoms with Gasteiger partial charge in [-0.2, -0.15) is 0 Å². The first-order valence-corrected chi connectivity index (χ1v) is 9.35. The van der Waals surface area contributed by atoms with Gasteiger partial charge in [0, 0.05) is 18.6 Å². The summed E-state index contributed by atoms with van der Waals surface area (Å²) < 4.78 is 0. The number of carbonyl (C=O) groups is 2. The molecule has 144 valence electrons. The molecule has 3 amide bonds. The van der Waals surface area contributed by atoms with Crippen molar-refractivity contribution in [2.45, 2.75) is 25.3 Å². The van der Waals surface area contributed by atoms with E-state index in [1.807, 2.05) is 59.5 Å². The van der Waals surface area contributed by atoms with E-state index in [0.29, 0.717) is 24.1 Å². The first kappa shape index (κ1) is 18.3. The van der Waals surface area contributed by atoms with Crippen LogP contribution >= 0.6 is 11.6 Å². The number of nitrogens with zero attached hydrogens (tertiary/aromatic N) is 3. The molecule has 2 unspecified atom stereocenters. The number of fused-ring (bicyclic) bond motifs is 1. The maximum Gasteiger partial charge on any atom is 0.325 e. The van der Waals surface area contributed by atoms with E-state index in [9.17, 15) is 9.59 Å². The number of halogens is 1. The summed E-state index contributed by atoms with van der Waals surface area (Å²) in [5.74, 6) is 0.216. The average molecular weight is 398 g/mol. The van der Waals surface area contributed by atoms with E-state index in [-0.39, 0.29) is 5.91 Å². The van der Waals surface area contributed by atoms with Gasteiger partial charge in [0.2, 0.25) is 0 Å². The molecule has 2 saturated heterocycles. The van der Waals surface area contributed by atoms with Crippen molar-refractivity contribution >= 4 is 29.5 Å². The predicted molar refractivity (Wildman–Crippen MR) is 107 cm³/mol. The minimum Gasteiger partial charge on any atom is -0.333 e. The Hall–Kier alpha value is -3.06. The highest BCUT2D eigenvalue weighted by Gasteiger charge is 2.49. The summed E-state index contributed by atoms with van der Waals surface area (Å²) in [4.78, 5) is 32.7. The standard InChI is InChI=1S/C20H20ClN5O2/c1-25-17-16(18(27)24-20(25)28)26(12-14-9-5-6-10-15(14)21)19(23-17)22-11-13-7-3-2-4-8-13/h2-10,16-17H,11-12H2,1H3,(H,22,23)(H,24,27,28). The maximum atomic E-state index is 12.6. The van der Waals surface area contributed by atoms with Gasteiger partial charge in [0.05, 0.1) is 6.54 Å². The van der Waals surface area contributed by atoms with Crippen LogP contribution in [0.1, 0.15) is 11.1 Å². The number of hydrogen-bond acceptors (Lipinski definition) is 3. The molecule has 2 aromatic carbocycles. The van der Waals surface area contributed by atoms with Gasteiger partial charge in [-0.3, -0.25) is 10.1 Å². The number of nitrogens with one attached hydrogen (secondary N) is 2. The third-order valence-corrected chi connectivity index (χ3v) is 5.34. The zero-order valence-electron chi connectivity index (χ0n) is 15.3. The van der Waals surface area contributed by atoms with Crippen molar-refractivity contribution in [3.8, 4) is 0 Å². The first-order chi connectivity index (χ1) is 13.5. The van der Waals surface area contributed by atoms with Gasteiger partial charge in [-0.15, -0.1) is 0 Å². The topological polar surface area (TPSA) is 77.0 Å². The Morgan fingerprint density at radius 3 is 2.54 bits per heavy atom. The lowest BCUT2D eigenvalue weighted by Gasteiger charge is -2.35. The van der Waals surface area contributed by atoms with E-state index in [1.54, 1.807) is 7.05 Å². The van der Waals surface area contributed by atoms with E-state index < -0.39 is 18.2 Å². The van der Waals surface area contributed by atoms with Crippen LogP contribution in [0.4, 0.5) is 4.79 Å². The van der Waals surface area contributed by atoms with E-state index in [4.69, 9.17) is 11.6 Å². The highest BCUT2D eigenvalue weighted by molar-refractivity contribution is 6.31. The molecule has 2 aliphatic heterocycles. The summed E-state index contributed by atoms with van der Waals surface area (Å²) in [6.07, 6.45) is -0.488. The quantitative estimate of drug-likeness (QED) is 0.829. The Morgan fingerprint density at radius 1 is 1.07 bits per heavy atom. The summed E-state index contributed by atoms with van der Waals surface area (Å²) in [6, 6.07) is 16.3. The van der Waals surface area contributed by atoms with Crippen LogP contribution in [0.15, 0.2) is 59.6 Å². The molecule has 7 nitrogen and oxygen atoms in total. The van der Waals surface area contributed by atoms with Crippen LogP contribution in [0.2, 0.25) is 5.02 Å². The van der Waals surface area contributed by atoms with E-state index >= 15 is 0 Å². The Bertz CT molecular complexity index is 933. The van der Waals surface area contributed by atoms with Crippen LogP contribution in [0, 0.1) is 0 Å². The van der Waals surface area contributed by atoms with Crippen molar-refractivity contribution in [2.75, 3.05) is 7.05 Å². The molecule has 2 heterocycles. The molecular weight excluding hydrogens is 378 g/mol. The lowest BCUT2D eigenvalue weighted by Crippen LogP contribution is -2.64. The van der Waals surface area contributed by atoms with E-state index in [0.717, 1.165) is 11.1 Å². The fourth-order valence-electron chi connectivity index (χ4n) is 3.45. The molecular formula is C20H20ClN5O2. The molecule has 4 rings (SSSR count). The van der Waals surface area contributed by atoms with Crippen molar-refractivity contribution < 1.29 is 9.59 Å². The number of imide groups is 1. The highest BCUT2D eigenvalue weighted by Crippen LogP contribution is 2.25. The summed E-state index contributed by atoms with van der Waals surface area (Å²) in [5, 5.41) is 6.26. The zero-order valence-corrected chi connectivity index (χ0v) is 16.1. The zero-order chi connectivity index (χ0) is 19.7. The number of urea groups is 1. The highest BCUT2D eigenvalue weighted by atomic mass is 35.5. The first-order valence-electron chi connectivity index (χ1n) is 8.97. The fourth-order valence-corrected chi connectivity index (χ4v) is 3.65. The summed E-state index contributed by atoms with van der Waals surface area (Å²) in [6.45, 7) is 0.859. The minimum absolute atomic E-state index is 0.349. The van der Waals surface area contributed by atoms with Gasteiger partial charge in [0.1, 0.15) is 6.17 Å². The van der Waals surface area contributed by atoms with Gasteiger partial charge < -0.3 is 15.1 Å². The van der Waals surface area contributed by atoms with Crippen molar-refractivity contribution in [1.29, 1.82) is 0 Å². The fraction of sp³-hybridized carbons (Fsp3) is 0.250. The van der Waals surface area contributed by atoms with Gasteiger partial charge in [-0.05, 0) is 17.2 Å². The number of aliphatic imine (C=N–C) groups is 1. The van der Waals surface area contributed by atoms with Crippen LogP contribution in [0.3, 0.4) is 0 Å². The van der Waals surface area contributed by atoms with Crippen LogP contribution in [0.25, 0.3) is 0 Å². The van der Waals surface area contributed by atoms with Crippen molar-refractivity contribution in [1.82, 2.24) is 20.4 Å². The number of likely N-dealkylation sites (N-methyl/N-ethyl adjacent to an activating group) is 1. The van der Waals surface area contributed by atoms with Crippen molar-refractivity contribution in [2.24, 2.45) is 4.99 Å². The van der Waals surface area contributed by atoms with Crippen LogP contribution in [-0.2, 0) is 17.9 Å². The number of benzene rings is 2. The molecule has 0 aliphatic carbocycles. The van der Waals surface area contributed by atoms with E-state index in [1.165, 1.54) is 4.90 Å². The Balaban J connectivity index is 1.67. The normalized spacial score (nSPS) is 22.9. The molecule has 2 aliphatic rings. The second kappa shape index (κ2) is 7.52. The molecule has 0 saturated carbocycles. The number of amides is 3. The van der Waals surface area contributed by atoms with Crippen LogP contribution < -0.4 is 10.6 Å². The van der Waals surface area contributed by atoms with Crippen LogP contribution in [0.5, 0.6) is 0 Å². The van der Waals surface area contributed by atoms with Crippen LogP contribution in [-0.4, -0.2) is 47.0 Å². The Morgan fingerprint density at radius 2 is 1.79 bits per heavy atom. The number of rotatable bonds is 4. The third-order valence-electron chi connectivity index (χ3n) is 4.97. The molecule has 0 bridgehead atoms. The van der Waals surface area contributed by atoms with Gasteiger partial charge in [0.25, 0.3) is 5.91 Å². The van der Waals surface area contributed by atoms with Gasteiger partial charge in [-0.25, -0.2) is 9.79 Å². The molecule has 2 atom stereocenters. The number of carbonyl (C=O) groups excluding carboxylic acids is 2. The van der Waals surface area contributed by atoms with Crippen molar-refractivity contribution in [3.05, 3.63) is 70.7 Å². The number of hydrogen-bond donors (Lipinski definition) is 2. The monoisotopic (exact) mass is 397 g/mol. The lowest BCUT2D eigenvalue weighted by atomic mass is 10.1. The smallest absolute Gasteiger partial charge is 0.325 e. The van der Waals surface area contributed by atoms with E-state index in [2.05, 4.69) is 15.6 Å². The molecule has 2 fully saturated rings. The minimum atomic E-state index is -0.589. The summed E-state index contributed by atoms with van der Waals surface area (Å²) in [5.41, 5.74) is 1.93. The van der Waals surface area contributed by atoms with Gasteiger partial charge >= 0.3 is 6.03 Å². The Labute approximate surface area is 168 Å². The Kier molecular flexibility index (Phi) is 4.92. The molecule has 28 heavy (non-hydrogen) atoms. The lowest BCUT2D eigenvalue weighted by molar-refractivity contribution is -0.127. The molecule has 0 spiro atoms. The molecule has 2 N–H and O–H groups in total. The van der Waals surface area contributed by atoms with Crippen molar-refractivity contribution in [3.63, 3.8) is 0 Å². The maximum absolute atomic E-state index is 12.6. The predicted octanol–water partition coefficient (Wildman–Crippen LogP) is 2.18. The third kappa shape index (κ3) is 3.41. The van der Waals surface area contributed by atoms with Gasteiger partial charge in [0.15, 0.2) is 12.0 Å². The molecule has 0 aromatic heterocycles. The largest absolute Gasteiger partial charge is 0.333 e. The average Bonchev–Trinajstić information content (AvgIpc) is 3.06. The molecule has 8 heteroatoms. The number of guanidine groups is 1. The second-order valence-corrected chi connectivity index (χ2v) is 7.19. The van der Waals surface area contributed by atoms with Gasteiger partial charge in [-0.1, -0.05) is 60.1 Å². The summed E-state index contributed by atoms with van der Waals surface area (Å²) in [7, 11) is 1.65. The molecule has 2 aromatic rings. The summed E-state index contributed by atoms with van der Waals surface area (Å²) >= 11 is 6.33.